The van der Waals surface area contributed by atoms with Crippen LogP contribution in [0.25, 0.3) is 33.2 Å². The summed E-state index contributed by atoms with van der Waals surface area (Å²) in [6.07, 6.45) is 2.67. The number of benzene rings is 1. The van der Waals surface area contributed by atoms with Gasteiger partial charge in [0.2, 0.25) is 0 Å². The third-order valence-electron chi connectivity index (χ3n) is 3.43. The largest absolute Gasteiger partial charge is 0.333 e. The van der Waals surface area contributed by atoms with Gasteiger partial charge in [0.15, 0.2) is 5.65 Å². The molecule has 2 N–H and O–H groups in total. The van der Waals surface area contributed by atoms with E-state index in [1.54, 1.807) is 18.2 Å². The standard InChI is InChI=1S/C14H9F2N5O/c15-13(16)21-6-9(5-17-21)7-1-2-10-8(3-7)4-11-12(18-10)20-14(22)19-11/h1-6,13H,(H2,18,19,20,22). The molecule has 4 aromatic rings. The molecule has 0 atom stereocenters. The van der Waals surface area contributed by atoms with E-state index in [2.05, 4.69) is 20.1 Å². The predicted octanol–water partition coefficient (Wildman–Crippen LogP) is 2.66. The monoisotopic (exact) mass is 301 g/mol. The van der Waals surface area contributed by atoms with E-state index in [4.69, 9.17) is 0 Å². The average molecular weight is 301 g/mol. The molecule has 8 heteroatoms. The molecule has 3 heterocycles. The highest BCUT2D eigenvalue weighted by Crippen LogP contribution is 2.25. The van der Waals surface area contributed by atoms with Crippen molar-refractivity contribution in [3.8, 4) is 11.1 Å². The molecule has 6 nitrogen and oxygen atoms in total. The Hall–Kier alpha value is -3.03. The highest BCUT2D eigenvalue weighted by Gasteiger charge is 2.10. The van der Waals surface area contributed by atoms with Crippen LogP contribution in [0, 0.1) is 0 Å². The molecule has 22 heavy (non-hydrogen) atoms. The first-order chi connectivity index (χ1) is 10.6. The highest BCUT2D eigenvalue weighted by atomic mass is 19.3. The minimum absolute atomic E-state index is 0.323. The molecule has 0 aliphatic carbocycles. The first-order valence-electron chi connectivity index (χ1n) is 6.46. The van der Waals surface area contributed by atoms with Gasteiger partial charge in [0.25, 0.3) is 0 Å². The van der Waals surface area contributed by atoms with E-state index in [1.807, 2.05) is 6.07 Å². The number of alkyl halides is 2. The number of halogens is 2. The lowest BCUT2D eigenvalue weighted by Crippen LogP contribution is -1.99. The maximum atomic E-state index is 12.6. The fourth-order valence-corrected chi connectivity index (χ4v) is 2.40. The zero-order chi connectivity index (χ0) is 15.3. The molecule has 3 aromatic heterocycles. The molecule has 4 rings (SSSR count). The van der Waals surface area contributed by atoms with E-state index >= 15 is 0 Å². The number of pyridine rings is 1. The van der Waals surface area contributed by atoms with Crippen LogP contribution < -0.4 is 5.69 Å². The van der Waals surface area contributed by atoms with Gasteiger partial charge >= 0.3 is 12.2 Å². The van der Waals surface area contributed by atoms with Crippen molar-refractivity contribution in [3.05, 3.63) is 47.1 Å². The van der Waals surface area contributed by atoms with Gasteiger partial charge < -0.3 is 4.98 Å². The number of aromatic nitrogens is 5. The van der Waals surface area contributed by atoms with Crippen LogP contribution in [0.2, 0.25) is 0 Å². The second-order valence-corrected chi connectivity index (χ2v) is 4.86. The quantitative estimate of drug-likeness (QED) is 0.597. The molecule has 0 amide bonds. The SMILES string of the molecule is O=c1[nH]c2cc3cc(-c4cnn(C(F)F)c4)ccc3nc2[nH]1. The summed E-state index contributed by atoms with van der Waals surface area (Å²) >= 11 is 0. The maximum Gasteiger partial charge on any atom is 0.333 e. The number of rotatable bonds is 2. The number of hydrogen-bond acceptors (Lipinski definition) is 3. The number of H-pyrrole nitrogens is 2. The molecule has 0 aliphatic rings. The Balaban J connectivity index is 1.87. The third kappa shape index (κ3) is 1.96. The van der Waals surface area contributed by atoms with Crippen molar-refractivity contribution in [2.75, 3.05) is 0 Å². The molecule has 0 saturated heterocycles. The summed E-state index contributed by atoms with van der Waals surface area (Å²) in [7, 11) is 0. The Morgan fingerprint density at radius 1 is 1.14 bits per heavy atom. The lowest BCUT2D eigenvalue weighted by Gasteiger charge is -2.01. The fourth-order valence-electron chi connectivity index (χ4n) is 2.40. The molecule has 0 radical (unpaired) electrons. The zero-order valence-electron chi connectivity index (χ0n) is 11.0. The van der Waals surface area contributed by atoms with Crippen molar-refractivity contribution in [2.45, 2.75) is 6.55 Å². The maximum absolute atomic E-state index is 12.6. The van der Waals surface area contributed by atoms with Crippen molar-refractivity contribution in [1.29, 1.82) is 0 Å². The van der Waals surface area contributed by atoms with Crippen molar-refractivity contribution in [2.24, 2.45) is 0 Å². The summed E-state index contributed by atoms with van der Waals surface area (Å²) in [5, 5.41) is 4.42. The Morgan fingerprint density at radius 2 is 2.00 bits per heavy atom. The smallest absolute Gasteiger partial charge is 0.304 e. The van der Waals surface area contributed by atoms with Crippen LogP contribution in [0.15, 0.2) is 41.5 Å². The minimum atomic E-state index is -2.67. The van der Waals surface area contributed by atoms with Gasteiger partial charge in [-0.15, -0.1) is 0 Å². The summed E-state index contributed by atoms with van der Waals surface area (Å²) in [4.78, 5) is 20.9. The molecule has 0 saturated carbocycles. The van der Waals surface area contributed by atoms with E-state index < -0.39 is 6.55 Å². The summed E-state index contributed by atoms with van der Waals surface area (Å²) in [6.45, 7) is -2.67. The molecule has 0 bridgehead atoms. The van der Waals surface area contributed by atoms with Crippen LogP contribution in [0.5, 0.6) is 0 Å². The van der Waals surface area contributed by atoms with Crippen molar-refractivity contribution in [3.63, 3.8) is 0 Å². The van der Waals surface area contributed by atoms with Crippen molar-refractivity contribution in [1.82, 2.24) is 24.7 Å². The Bertz CT molecular complexity index is 1050. The van der Waals surface area contributed by atoms with E-state index in [1.165, 1.54) is 12.4 Å². The van der Waals surface area contributed by atoms with E-state index in [0.717, 1.165) is 10.9 Å². The summed E-state index contributed by atoms with van der Waals surface area (Å²) < 4.78 is 25.8. The summed E-state index contributed by atoms with van der Waals surface area (Å²) in [5.41, 5.74) is 2.79. The van der Waals surface area contributed by atoms with Gasteiger partial charge in [-0.3, -0.25) is 4.98 Å². The van der Waals surface area contributed by atoms with Gasteiger partial charge in [-0.05, 0) is 23.8 Å². The molecule has 110 valence electrons. The normalized spacial score (nSPS) is 11.8. The molecule has 0 aliphatic heterocycles. The Kier molecular flexibility index (Phi) is 2.59. The van der Waals surface area contributed by atoms with Gasteiger partial charge in [-0.25, -0.2) is 14.5 Å². The molecule has 1 aromatic carbocycles. The van der Waals surface area contributed by atoms with Gasteiger partial charge in [0, 0.05) is 17.1 Å². The molecule has 0 fully saturated rings. The van der Waals surface area contributed by atoms with Gasteiger partial charge in [0.05, 0.1) is 17.2 Å². The van der Waals surface area contributed by atoms with Gasteiger partial charge in [-0.1, -0.05) is 6.07 Å². The molecular weight excluding hydrogens is 292 g/mol. The number of nitrogens with one attached hydrogen (secondary N) is 2. The zero-order valence-corrected chi connectivity index (χ0v) is 11.0. The first-order valence-corrected chi connectivity index (χ1v) is 6.46. The highest BCUT2D eigenvalue weighted by molar-refractivity contribution is 5.91. The van der Waals surface area contributed by atoms with Crippen molar-refractivity contribution >= 4 is 22.1 Å². The number of imidazole rings is 1. The fraction of sp³-hybridized carbons (Fsp3) is 0.0714. The van der Waals surface area contributed by atoms with E-state index in [0.29, 0.717) is 26.9 Å². The first kappa shape index (κ1) is 12.7. The Labute approximate surface area is 121 Å². The van der Waals surface area contributed by atoms with Crippen LogP contribution in [0.3, 0.4) is 0 Å². The molecular formula is C14H9F2N5O. The molecule has 0 spiro atoms. The average Bonchev–Trinajstić information content (AvgIpc) is 3.09. The van der Waals surface area contributed by atoms with Gasteiger partial charge in [-0.2, -0.15) is 13.9 Å². The lowest BCUT2D eigenvalue weighted by atomic mass is 10.1. The number of hydrogen-bond donors (Lipinski definition) is 2. The van der Waals surface area contributed by atoms with Crippen LogP contribution in [0.1, 0.15) is 6.55 Å². The third-order valence-corrected chi connectivity index (χ3v) is 3.43. The minimum Gasteiger partial charge on any atom is -0.304 e. The number of nitrogens with zero attached hydrogens (tertiary/aromatic N) is 3. The number of fused-ring (bicyclic) bond motifs is 2. The predicted molar refractivity (Wildman–Crippen MR) is 76.7 cm³/mol. The van der Waals surface area contributed by atoms with Crippen LogP contribution in [-0.4, -0.2) is 24.7 Å². The van der Waals surface area contributed by atoms with Crippen LogP contribution >= 0.6 is 0 Å². The van der Waals surface area contributed by atoms with Crippen molar-refractivity contribution < 1.29 is 8.78 Å². The Morgan fingerprint density at radius 3 is 2.77 bits per heavy atom. The molecule has 0 unspecified atom stereocenters. The second kappa shape index (κ2) is 4.48. The lowest BCUT2D eigenvalue weighted by molar-refractivity contribution is 0.0566. The van der Waals surface area contributed by atoms with Crippen LogP contribution in [0.4, 0.5) is 8.78 Å². The van der Waals surface area contributed by atoms with E-state index in [-0.39, 0.29) is 5.69 Å². The summed E-state index contributed by atoms with van der Waals surface area (Å²) in [5.74, 6) is 0. The second-order valence-electron chi connectivity index (χ2n) is 4.86. The number of aromatic amines is 2. The topological polar surface area (TPSA) is 79.4 Å². The summed E-state index contributed by atoms with van der Waals surface area (Å²) in [6, 6.07) is 7.16. The van der Waals surface area contributed by atoms with Crippen LogP contribution in [-0.2, 0) is 0 Å². The van der Waals surface area contributed by atoms with E-state index in [9.17, 15) is 13.6 Å². The van der Waals surface area contributed by atoms with Gasteiger partial charge in [0.1, 0.15) is 0 Å².